The minimum Gasteiger partial charge on any atom is -0.289 e. The number of hydrogen-bond acceptors (Lipinski definition) is 2. The van der Waals surface area contributed by atoms with Crippen LogP contribution >= 0.6 is 0 Å². The molecular weight excluding hydrogens is 361 g/mol. The molecule has 0 radical (unpaired) electrons. The Bertz CT molecular complexity index is 1030. The molecule has 0 heterocycles. The first-order valence-electron chi connectivity index (χ1n) is 10.1. The number of rotatable bonds is 7. The molecular formula is C26H26FNO. The average Bonchev–Trinajstić information content (AvgIpc) is 3.13. The van der Waals surface area contributed by atoms with Gasteiger partial charge in [0.25, 0.3) is 0 Å². The second kappa shape index (κ2) is 9.42. The van der Waals surface area contributed by atoms with E-state index in [1.165, 1.54) is 11.6 Å². The Labute approximate surface area is 172 Å². The SMILES string of the molecule is CCc1cccc(C2=C(C(C)=CC=NC(CC)c3ccccc3F)C(=O)C=C2)c1. The van der Waals surface area contributed by atoms with Crippen LogP contribution in [0.3, 0.4) is 0 Å². The zero-order chi connectivity index (χ0) is 20.8. The molecule has 29 heavy (non-hydrogen) atoms. The number of halogens is 1. The van der Waals surface area contributed by atoms with Crippen molar-refractivity contribution >= 4 is 17.6 Å². The van der Waals surface area contributed by atoms with Crippen molar-refractivity contribution in [3.05, 3.63) is 100 Å². The number of allylic oxidation sites excluding steroid dienone is 6. The quantitative estimate of drug-likeness (QED) is 0.502. The molecule has 0 bridgehead atoms. The molecule has 1 aliphatic carbocycles. The molecule has 3 rings (SSSR count). The number of ketones is 1. The predicted molar refractivity (Wildman–Crippen MR) is 119 cm³/mol. The number of carbonyl (C=O) groups excluding carboxylic acids is 1. The molecule has 1 atom stereocenters. The maximum atomic E-state index is 14.1. The topological polar surface area (TPSA) is 29.4 Å². The summed E-state index contributed by atoms with van der Waals surface area (Å²) < 4.78 is 14.1. The molecule has 2 aromatic rings. The highest BCUT2D eigenvalue weighted by Crippen LogP contribution is 2.31. The van der Waals surface area contributed by atoms with Crippen LogP contribution in [-0.4, -0.2) is 12.0 Å². The van der Waals surface area contributed by atoms with Crippen LogP contribution < -0.4 is 0 Å². The normalized spacial score (nSPS) is 15.6. The van der Waals surface area contributed by atoms with Gasteiger partial charge in [0.1, 0.15) is 5.82 Å². The summed E-state index contributed by atoms with van der Waals surface area (Å²) in [6.07, 6.45) is 8.68. The Morgan fingerprint density at radius 3 is 2.62 bits per heavy atom. The van der Waals surface area contributed by atoms with Crippen LogP contribution in [0.25, 0.3) is 5.57 Å². The highest BCUT2D eigenvalue weighted by atomic mass is 19.1. The summed E-state index contributed by atoms with van der Waals surface area (Å²) in [5.41, 5.74) is 5.36. The second-order valence-electron chi connectivity index (χ2n) is 7.13. The molecule has 0 aromatic heterocycles. The molecule has 1 aliphatic rings. The third-order valence-corrected chi connectivity index (χ3v) is 5.20. The van der Waals surface area contributed by atoms with Gasteiger partial charge in [-0.2, -0.15) is 0 Å². The van der Waals surface area contributed by atoms with E-state index in [0.29, 0.717) is 17.6 Å². The lowest BCUT2D eigenvalue weighted by molar-refractivity contribution is -0.110. The van der Waals surface area contributed by atoms with Gasteiger partial charge in [-0.15, -0.1) is 0 Å². The Kier molecular flexibility index (Phi) is 6.71. The van der Waals surface area contributed by atoms with Crippen molar-refractivity contribution in [1.82, 2.24) is 0 Å². The fourth-order valence-corrected chi connectivity index (χ4v) is 3.56. The maximum absolute atomic E-state index is 14.1. The van der Waals surface area contributed by atoms with Crippen molar-refractivity contribution in [3.63, 3.8) is 0 Å². The van der Waals surface area contributed by atoms with Gasteiger partial charge in [0, 0.05) is 17.4 Å². The lowest BCUT2D eigenvalue weighted by Gasteiger charge is -2.11. The molecule has 0 saturated heterocycles. The summed E-state index contributed by atoms with van der Waals surface area (Å²) in [7, 11) is 0. The van der Waals surface area contributed by atoms with Gasteiger partial charge >= 0.3 is 0 Å². The number of carbonyl (C=O) groups is 1. The Balaban J connectivity index is 1.89. The van der Waals surface area contributed by atoms with Gasteiger partial charge in [-0.3, -0.25) is 9.79 Å². The molecule has 0 amide bonds. The van der Waals surface area contributed by atoms with E-state index in [4.69, 9.17) is 0 Å². The molecule has 0 aliphatic heterocycles. The largest absolute Gasteiger partial charge is 0.289 e. The Morgan fingerprint density at radius 1 is 1.10 bits per heavy atom. The number of benzene rings is 2. The van der Waals surface area contributed by atoms with Gasteiger partial charge in [-0.25, -0.2) is 4.39 Å². The van der Waals surface area contributed by atoms with Crippen molar-refractivity contribution in [2.75, 3.05) is 0 Å². The number of aryl methyl sites for hydroxylation is 1. The maximum Gasteiger partial charge on any atom is 0.186 e. The molecule has 2 aromatic carbocycles. The molecule has 3 heteroatoms. The van der Waals surface area contributed by atoms with E-state index in [1.807, 2.05) is 44.2 Å². The zero-order valence-electron chi connectivity index (χ0n) is 17.2. The van der Waals surface area contributed by atoms with Crippen molar-refractivity contribution in [3.8, 4) is 0 Å². The lowest BCUT2D eigenvalue weighted by Crippen LogP contribution is -2.00. The van der Waals surface area contributed by atoms with Crippen molar-refractivity contribution in [2.24, 2.45) is 4.99 Å². The van der Waals surface area contributed by atoms with E-state index in [-0.39, 0.29) is 17.6 Å². The first-order chi connectivity index (χ1) is 14.0. The second-order valence-corrected chi connectivity index (χ2v) is 7.13. The third kappa shape index (κ3) is 4.68. The van der Waals surface area contributed by atoms with E-state index in [9.17, 15) is 9.18 Å². The summed E-state index contributed by atoms with van der Waals surface area (Å²) in [6.45, 7) is 6.02. The first kappa shape index (κ1) is 20.7. The molecule has 2 nitrogen and oxygen atoms in total. The van der Waals surface area contributed by atoms with Crippen LogP contribution in [0.4, 0.5) is 4.39 Å². The van der Waals surface area contributed by atoms with Crippen molar-refractivity contribution in [1.29, 1.82) is 0 Å². The van der Waals surface area contributed by atoms with E-state index >= 15 is 0 Å². The van der Waals surface area contributed by atoms with E-state index in [2.05, 4.69) is 24.0 Å². The summed E-state index contributed by atoms with van der Waals surface area (Å²) in [4.78, 5) is 17.0. The summed E-state index contributed by atoms with van der Waals surface area (Å²) in [5.74, 6) is -0.238. The van der Waals surface area contributed by atoms with Gasteiger partial charge in [-0.05, 0) is 66.3 Å². The standard InChI is InChI=1S/C26H26FNO/c1-4-19-9-8-10-20(17-19)21-13-14-25(29)26(21)18(3)15-16-28-24(5-2)22-11-6-7-12-23(22)27/h6-17,24H,4-5H2,1-3H3. The highest BCUT2D eigenvalue weighted by Gasteiger charge is 2.20. The lowest BCUT2D eigenvalue weighted by atomic mass is 9.95. The van der Waals surface area contributed by atoms with E-state index in [1.54, 1.807) is 24.4 Å². The van der Waals surface area contributed by atoms with Gasteiger partial charge in [0.2, 0.25) is 0 Å². The number of nitrogens with zero attached hydrogens (tertiary/aromatic N) is 1. The zero-order valence-corrected chi connectivity index (χ0v) is 17.2. The fourth-order valence-electron chi connectivity index (χ4n) is 3.56. The van der Waals surface area contributed by atoms with Crippen LogP contribution in [0.2, 0.25) is 0 Å². The predicted octanol–water partition coefficient (Wildman–Crippen LogP) is 6.45. The Hall–Kier alpha value is -3.07. The van der Waals surface area contributed by atoms with Gasteiger partial charge < -0.3 is 0 Å². The smallest absolute Gasteiger partial charge is 0.186 e. The summed E-state index contributed by atoms with van der Waals surface area (Å²) >= 11 is 0. The molecule has 0 fully saturated rings. The third-order valence-electron chi connectivity index (χ3n) is 5.20. The van der Waals surface area contributed by atoms with Crippen LogP contribution in [0, 0.1) is 5.82 Å². The molecule has 148 valence electrons. The van der Waals surface area contributed by atoms with Crippen LogP contribution in [0.1, 0.15) is 49.9 Å². The molecule has 0 saturated carbocycles. The first-order valence-corrected chi connectivity index (χ1v) is 10.1. The highest BCUT2D eigenvalue weighted by molar-refractivity contribution is 6.19. The summed E-state index contributed by atoms with van der Waals surface area (Å²) in [6, 6.07) is 14.8. The average molecular weight is 387 g/mol. The molecule has 1 unspecified atom stereocenters. The summed E-state index contributed by atoms with van der Waals surface area (Å²) in [5, 5.41) is 0. The minimum atomic E-state index is -0.243. The van der Waals surface area contributed by atoms with Gasteiger partial charge in [0.15, 0.2) is 5.78 Å². The van der Waals surface area contributed by atoms with Crippen molar-refractivity contribution in [2.45, 2.75) is 39.7 Å². The minimum absolute atomic E-state index is 0.00481. The fraction of sp³-hybridized carbons (Fsp3) is 0.231. The van der Waals surface area contributed by atoms with Crippen LogP contribution in [-0.2, 0) is 11.2 Å². The monoisotopic (exact) mass is 387 g/mol. The van der Waals surface area contributed by atoms with E-state index < -0.39 is 0 Å². The van der Waals surface area contributed by atoms with Crippen molar-refractivity contribution < 1.29 is 9.18 Å². The van der Waals surface area contributed by atoms with Crippen LogP contribution in [0.15, 0.2) is 82.9 Å². The van der Waals surface area contributed by atoms with Gasteiger partial charge in [-0.1, -0.05) is 56.3 Å². The number of hydrogen-bond donors (Lipinski definition) is 0. The van der Waals surface area contributed by atoms with Gasteiger partial charge in [0.05, 0.1) is 6.04 Å². The molecule has 0 spiro atoms. The van der Waals surface area contributed by atoms with E-state index in [0.717, 1.165) is 23.1 Å². The molecule has 0 N–H and O–H groups in total. The Morgan fingerprint density at radius 2 is 1.90 bits per heavy atom. The van der Waals surface area contributed by atoms with Crippen LogP contribution in [0.5, 0.6) is 0 Å². The number of aliphatic imine (C=N–C) groups is 1.